The lowest BCUT2D eigenvalue weighted by atomic mass is 9.99. The highest BCUT2D eigenvalue weighted by Gasteiger charge is 2.23. The van der Waals surface area contributed by atoms with Crippen LogP contribution >= 0.6 is 12.4 Å². The number of amides is 1. The number of halogens is 2. The van der Waals surface area contributed by atoms with E-state index in [1.54, 1.807) is 6.07 Å². The van der Waals surface area contributed by atoms with Crippen LogP contribution in [0.1, 0.15) is 21.6 Å². The normalized spacial score (nSPS) is 12.9. The first kappa shape index (κ1) is 17.9. The zero-order valence-corrected chi connectivity index (χ0v) is 13.7. The van der Waals surface area contributed by atoms with Crippen molar-refractivity contribution >= 4 is 29.8 Å². The Morgan fingerprint density at radius 3 is 2.79 bits per heavy atom. The third kappa shape index (κ3) is 3.10. The predicted molar refractivity (Wildman–Crippen MR) is 89.1 cm³/mol. The van der Waals surface area contributed by atoms with Crippen molar-refractivity contribution < 1.29 is 14.1 Å². The number of benzene rings is 1. The number of hydrogen-bond acceptors (Lipinski definition) is 4. The van der Waals surface area contributed by atoms with Gasteiger partial charge in [-0.05, 0) is 41.1 Å². The zero-order valence-electron chi connectivity index (χ0n) is 12.8. The number of anilines is 1. The number of aromatic nitrogens is 1. The van der Waals surface area contributed by atoms with Crippen LogP contribution in [0.25, 0.3) is 0 Å². The number of nitro groups is 1. The predicted octanol–water partition coefficient (Wildman–Crippen LogP) is 2.39. The second-order valence-corrected chi connectivity index (χ2v) is 5.34. The van der Waals surface area contributed by atoms with Crippen LogP contribution in [0, 0.1) is 15.9 Å². The van der Waals surface area contributed by atoms with Crippen LogP contribution in [0.15, 0.2) is 24.3 Å². The monoisotopic (exact) mass is 354 g/mol. The number of carbonyl (C=O) groups is 1. The van der Waals surface area contributed by atoms with Gasteiger partial charge in [0, 0.05) is 12.6 Å². The van der Waals surface area contributed by atoms with E-state index >= 15 is 0 Å². The highest BCUT2D eigenvalue weighted by atomic mass is 35.5. The minimum Gasteiger partial charge on any atom is -0.358 e. The average Bonchev–Trinajstić information content (AvgIpc) is 2.92. The van der Waals surface area contributed by atoms with Gasteiger partial charge in [0.25, 0.3) is 5.91 Å². The average molecular weight is 355 g/mol. The van der Waals surface area contributed by atoms with E-state index in [2.05, 4.69) is 10.6 Å². The number of fused-ring (bicyclic) bond motifs is 1. The van der Waals surface area contributed by atoms with Gasteiger partial charge in [-0.1, -0.05) is 6.07 Å². The molecule has 0 fully saturated rings. The van der Waals surface area contributed by atoms with Crippen molar-refractivity contribution in [2.24, 2.45) is 7.05 Å². The first-order valence-corrected chi connectivity index (χ1v) is 7.11. The number of nitrogens with one attached hydrogen (secondary N) is 2. The topological polar surface area (TPSA) is 89.2 Å². The third-order valence-corrected chi connectivity index (χ3v) is 3.97. The summed E-state index contributed by atoms with van der Waals surface area (Å²) < 4.78 is 15.7. The molecule has 128 valence electrons. The molecule has 2 aromatic rings. The Hall–Kier alpha value is -2.45. The molecule has 1 amide bonds. The molecule has 1 aliphatic rings. The summed E-state index contributed by atoms with van der Waals surface area (Å²) in [4.78, 5) is 22.5. The summed E-state index contributed by atoms with van der Waals surface area (Å²) in [6.45, 7) is 1.29. The lowest BCUT2D eigenvalue weighted by Crippen LogP contribution is -2.25. The van der Waals surface area contributed by atoms with Crippen molar-refractivity contribution in [1.82, 2.24) is 9.88 Å². The Balaban J connectivity index is 0.00000208. The van der Waals surface area contributed by atoms with Crippen molar-refractivity contribution in [2.75, 3.05) is 11.9 Å². The van der Waals surface area contributed by atoms with Crippen LogP contribution in [-0.4, -0.2) is 21.9 Å². The Bertz CT molecular complexity index is 806. The Morgan fingerprint density at radius 1 is 1.38 bits per heavy atom. The zero-order chi connectivity index (χ0) is 16.6. The summed E-state index contributed by atoms with van der Waals surface area (Å²) in [6, 6.07) is 5.86. The van der Waals surface area contributed by atoms with Gasteiger partial charge in [0.1, 0.15) is 5.82 Å². The minimum atomic E-state index is -0.589. The van der Waals surface area contributed by atoms with E-state index in [9.17, 15) is 19.3 Å². The standard InChI is InChI=1S/C15H15FN4O3.ClH/c1-19-12(4-5-13(19)20(22)23)15(21)18-11-3-2-9-8-17-7-6-10(9)14(11)16;/h2-5,17H,6-8H2,1H3,(H,18,21);1H. The van der Waals surface area contributed by atoms with Crippen molar-refractivity contribution in [1.29, 1.82) is 0 Å². The van der Waals surface area contributed by atoms with Gasteiger partial charge >= 0.3 is 5.82 Å². The maximum Gasteiger partial charge on any atom is 0.323 e. The van der Waals surface area contributed by atoms with Gasteiger partial charge in [-0.3, -0.25) is 4.79 Å². The maximum absolute atomic E-state index is 14.5. The highest BCUT2D eigenvalue weighted by molar-refractivity contribution is 6.03. The molecule has 7 nitrogen and oxygen atoms in total. The molecule has 2 N–H and O–H groups in total. The summed E-state index contributed by atoms with van der Waals surface area (Å²) in [5.41, 5.74) is 1.65. The Labute approximate surface area is 143 Å². The van der Waals surface area contributed by atoms with Gasteiger partial charge in [0.2, 0.25) is 0 Å². The quantitative estimate of drug-likeness (QED) is 0.654. The van der Waals surface area contributed by atoms with Gasteiger partial charge in [0.05, 0.1) is 12.7 Å². The summed E-state index contributed by atoms with van der Waals surface area (Å²) in [5.74, 6) is -1.23. The smallest absolute Gasteiger partial charge is 0.323 e. The van der Waals surface area contributed by atoms with Crippen molar-refractivity contribution in [3.63, 3.8) is 0 Å². The van der Waals surface area contributed by atoms with Crippen LogP contribution in [0.4, 0.5) is 15.9 Å². The molecule has 2 heterocycles. The van der Waals surface area contributed by atoms with Crippen LogP contribution in [-0.2, 0) is 20.0 Å². The van der Waals surface area contributed by atoms with E-state index in [4.69, 9.17) is 0 Å². The number of hydrogen-bond donors (Lipinski definition) is 2. The number of rotatable bonds is 3. The van der Waals surface area contributed by atoms with E-state index < -0.39 is 16.6 Å². The van der Waals surface area contributed by atoms with Gasteiger partial charge in [-0.25, -0.2) is 8.96 Å². The fraction of sp³-hybridized carbons (Fsp3) is 0.267. The molecule has 24 heavy (non-hydrogen) atoms. The summed E-state index contributed by atoms with van der Waals surface area (Å²) in [6.07, 6.45) is 0.556. The van der Waals surface area contributed by atoms with Gasteiger partial charge in [-0.2, -0.15) is 0 Å². The molecule has 0 radical (unpaired) electrons. The summed E-state index contributed by atoms with van der Waals surface area (Å²) >= 11 is 0. The van der Waals surface area contributed by atoms with Crippen LogP contribution < -0.4 is 10.6 Å². The van der Waals surface area contributed by atoms with Crippen LogP contribution in [0.5, 0.6) is 0 Å². The van der Waals surface area contributed by atoms with Crippen molar-refractivity contribution in [2.45, 2.75) is 13.0 Å². The highest BCUT2D eigenvalue weighted by Crippen LogP contribution is 2.25. The second-order valence-electron chi connectivity index (χ2n) is 5.34. The van der Waals surface area contributed by atoms with E-state index in [0.29, 0.717) is 25.1 Å². The van der Waals surface area contributed by atoms with Gasteiger partial charge < -0.3 is 20.7 Å². The third-order valence-electron chi connectivity index (χ3n) is 3.97. The Morgan fingerprint density at radius 2 is 2.12 bits per heavy atom. The summed E-state index contributed by atoms with van der Waals surface area (Å²) in [7, 11) is 1.42. The van der Waals surface area contributed by atoms with Crippen LogP contribution in [0.2, 0.25) is 0 Å². The molecule has 0 unspecified atom stereocenters. The molecule has 0 aliphatic carbocycles. The second kappa shape index (κ2) is 6.98. The molecule has 1 aromatic carbocycles. The molecular weight excluding hydrogens is 339 g/mol. The van der Waals surface area contributed by atoms with Crippen molar-refractivity contribution in [3.05, 3.63) is 57.0 Å². The summed E-state index contributed by atoms with van der Waals surface area (Å²) in [5, 5.41) is 16.5. The maximum atomic E-state index is 14.5. The SMILES string of the molecule is Cl.Cn1c(C(=O)Nc2ccc3c(c2F)CCNC3)ccc1[N+](=O)[O-]. The molecule has 0 saturated carbocycles. The molecule has 1 aliphatic heterocycles. The number of nitrogens with zero attached hydrogens (tertiary/aromatic N) is 2. The number of carbonyl (C=O) groups excluding carboxylic acids is 1. The van der Waals surface area contributed by atoms with E-state index in [1.165, 1.54) is 25.2 Å². The van der Waals surface area contributed by atoms with Crippen LogP contribution in [0.3, 0.4) is 0 Å². The van der Waals surface area contributed by atoms with Gasteiger partial charge in [-0.15, -0.1) is 12.4 Å². The van der Waals surface area contributed by atoms with Crippen molar-refractivity contribution in [3.8, 4) is 0 Å². The van der Waals surface area contributed by atoms with E-state index in [1.807, 2.05) is 0 Å². The van der Waals surface area contributed by atoms with Gasteiger partial charge in [0.15, 0.2) is 5.69 Å². The molecule has 1 aromatic heterocycles. The molecule has 0 bridgehead atoms. The fourth-order valence-electron chi connectivity index (χ4n) is 2.73. The minimum absolute atomic E-state index is 0. The largest absolute Gasteiger partial charge is 0.358 e. The first-order chi connectivity index (χ1) is 11.0. The lowest BCUT2D eigenvalue weighted by Gasteiger charge is -2.19. The molecule has 0 atom stereocenters. The lowest BCUT2D eigenvalue weighted by molar-refractivity contribution is -0.391. The molecule has 3 rings (SSSR count). The first-order valence-electron chi connectivity index (χ1n) is 7.11. The molecule has 9 heteroatoms. The van der Waals surface area contributed by atoms with E-state index in [0.717, 1.165) is 10.1 Å². The molecular formula is C15H16ClFN4O3. The molecule has 0 saturated heterocycles. The van der Waals surface area contributed by atoms with E-state index in [-0.39, 0.29) is 29.6 Å². The fourth-order valence-corrected chi connectivity index (χ4v) is 2.73. The molecule has 0 spiro atoms. The Kier molecular flexibility index (Phi) is 5.20.